The molecular weight excluding hydrogens is 396 g/mol. The Kier molecular flexibility index (Phi) is 4.70. The topological polar surface area (TPSA) is 93.2 Å². The number of likely N-dealkylation sites (tertiary alicyclic amines) is 1. The second-order valence-electron chi connectivity index (χ2n) is 6.84. The number of anilines is 1. The molecule has 29 heavy (non-hydrogen) atoms. The van der Waals surface area contributed by atoms with Crippen LogP contribution in [0.15, 0.2) is 59.5 Å². The first kappa shape index (κ1) is 19.3. The number of hydrogen-bond donors (Lipinski definition) is 0. The molecule has 0 radical (unpaired) electrons. The highest BCUT2D eigenvalue weighted by Gasteiger charge is 2.58. The molecule has 1 saturated heterocycles. The normalized spacial score (nSPS) is 22.8. The summed E-state index contributed by atoms with van der Waals surface area (Å²) in [5.74, 6) is -0.993. The van der Waals surface area contributed by atoms with Gasteiger partial charge in [0.15, 0.2) is 0 Å². The molecule has 1 fully saturated rings. The van der Waals surface area contributed by atoms with Crippen molar-refractivity contribution < 1.29 is 27.5 Å². The van der Waals surface area contributed by atoms with Crippen LogP contribution in [-0.2, 0) is 24.3 Å². The summed E-state index contributed by atoms with van der Waals surface area (Å²) in [5, 5.41) is 0. The van der Waals surface area contributed by atoms with Gasteiger partial charge in [-0.3, -0.25) is 4.90 Å². The maximum atomic E-state index is 13.6. The van der Waals surface area contributed by atoms with Crippen molar-refractivity contribution in [1.82, 2.24) is 4.90 Å². The predicted octanol–water partition coefficient (Wildman–Crippen LogP) is 2.32. The first-order chi connectivity index (χ1) is 13.9. The molecule has 3 atom stereocenters. The van der Waals surface area contributed by atoms with E-state index in [1.54, 1.807) is 30.3 Å². The summed E-state index contributed by atoms with van der Waals surface area (Å²) in [4.78, 5) is 26.3. The SMILES string of the molecule is COC(=O)[C@@H]1C[C@@H]2c3ccccc3N(S(=O)(=O)c3ccccc3)[C@H]2N1C(=O)OC. The lowest BCUT2D eigenvalue weighted by molar-refractivity contribution is -0.145. The monoisotopic (exact) mass is 416 g/mol. The number of benzene rings is 2. The highest BCUT2D eigenvalue weighted by Crippen LogP contribution is 2.52. The van der Waals surface area contributed by atoms with Crippen LogP contribution in [0.4, 0.5) is 10.5 Å². The molecule has 0 spiro atoms. The Bertz CT molecular complexity index is 1060. The van der Waals surface area contributed by atoms with Crippen molar-refractivity contribution in [3.05, 3.63) is 60.2 Å². The molecular formula is C20H20N2O6S. The van der Waals surface area contributed by atoms with E-state index in [0.29, 0.717) is 5.69 Å². The van der Waals surface area contributed by atoms with Gasteiger partial charge < -0.3 is 9.47 Å². The Labute approximate surface area is 168 Å². The van der Waals surface area contributed by atoms with Crippen LogP contribution >= 0.6 is 0 Å². The van der Waals surface area contributed by atoms with Gasteiger partial charge in [-0.2, -0.15) is 0 Å². The lowest BCUT2D eigenvalue weighted by Gasteiger charge is -2.34. The van der Waals surface area contributed by atoms with Crippen LogP contribution in [0.25, 0.3) is 0 Å². The first-order valence-electron chi connectivity index (χ1n) is 9.04. The molecule has 2 aliphatic heterocycles. The molecule has 2 aromatic rings. The molecule has 0 aliphatic carbocycles. The fourth-order valence-electron chi connectivity index (χ4n) is 4.23. The number of methoxy groups -OCH3 is 2. The Hall–Kier alpha value is -3.07. The molecule has 4 rings (SSSR count). The number of carbonyl (C=O) groups excluding carboxylic acids is 2. The minimum atomic E-state index is -4.01. The molecule has 2 heterocycles. The average molecular weight is 416 g/mol. The third-order valence-corrected chi connectivity index (χ3v) is 7.23. The van der Waals surface area contributed by atoms with Crippen LogP contribution in [-0.4, -0.2) is 51.8 Å². The summed E-state index contributed by atoms with van der Waals surface area (Å²) in [6.45, 7) is 0. The van der Waals surface area contributed by atoms with Gasteiger partial charge in [0.2, 0.25) is 0 Å². The third kappa shape index (κ3) is 2.84. The van der Waals surface area contributed by atoms with Crippen molar-refractivity contribution in [1.29, 1.82) is 0 Å². The van der Waals surface area contributed by atoms with Crippen molar-refractivity contribution in [2.24, 2.45) is 0 Å². The number of para-hydroxylation sites is 1. The number of rotatable bonds is 3. The molecule has 0 bridgehead atoms. The Morgan fingerprint density at radius 1 is 0.966 bits per heavy atom. The van der Waals surface area contributed by atoms with Crippen LogP contribution in [0.2, 0.25) is 0 Å². The summed E-state index contributed by atoms with van der Waals surface area (Å²) in [6.07, 6.45) is -1.47. The standard InChI is InChI=1S/C20H20N2O6S/c1-27-19(23)17-12-15-14-10-6-7-11-16(14)22(18(15)21(17)20(24)28-2)29(25,26)13-8-4-3-5-9-13/h3-11,15,17-18H,12H2,1-2H3/t15-,17+,18-/m1/s1. The molecule has 2 aromatic carbocycles. The molecule has 0 N–H and O–H groups in total. The van der Waals surface area contributed by atoms with Gasteiger partial charge in [-0.05, 0) is 30.2 Å². The zero-order valence-electron chi connectivity index (χ0n) is 15.9. The van der Waals surface area contributed by atoms with Crippen LogP contribution in [0, 0.1) is 0 Å². The number of amides is 1. The molecule has 0 unspecified atom stereocenters. The predicted molar refractivity (Wildman–Crippen MR) is 104 cm³/mol. The van der Waals surface area contributed by atoms with E-state index in [1.165, 1.54) is 35.6 Å². The number of hydrogen-bond acceptors (Lipinski definition) is 6. The highest BCUT2D eigenvalue weighted by molar-refractivity contribution is 7.92. The Balaban J connectivity index is 1.90. The van der Waals surface area contributed by atoms with E-state index in [1.807, 2.05) is 12.1 Å². The van der Waals surface area contributed by atoms with E-state index in [4.69, 9.17) is 9.47 Å². The van der Waals surface area contributed by atoms with Crippen molar-refractivity contribution in [2.75, 3.05) is 18.5 Å². The fraction of sp³-hybridized carbons (Fsp3) is 0.300. The summed E-state index contributed by atoms with van der Waals surface area (Å²) in [5.41, 5.74) is 1.25. The van der Waals surface area contributed by atoms with E-state index >= 15 is 0 Å². The van der Waals surface area contributed by atoms with Crippen LogP contribution < -0.4 is 4.31 Å². The number of ether oxygens (including phenoxy) is 2. The molecule has 0 saturated carbocycles. The van der Waals surface area contributed by atoms with Crippen LogP contribution in [0.1, 0.15) is 17.9 Å². The van der Waals surface area contributed by atoms with Gasteiger partial charge in [-0.25, -0.2) is 22.3 Å². The van der Waals surface area contributed by atoms with E-state index < -0.39 is 34.3 Å². The van der Waals surface area contributed by atoms with E-state index in [2.05, 4.69) is 0 Å². The molecule has 1 amide bonds. The lowest BCUT2D eigenvalue weighted by atomic mass is 9.96. The van der Waals surface area contributed by atoms with Gasteiger partial charge in [0.1, 0.15) is 12.2 Å². The fourth-order valence-corrected chi connectivity index (χ4v) is 5.91. The van der Waals surface area contributed by atoms with Crippen molar-refractivity contribution in [3.63, 3.8) is 0 Å². The summed E-state index contributed by atoms with van der Waals surface area (Å²) >= 11 is 0. The summed E-state index contributed by atoms with van der Waals surface area (Å²) in [6, 6.07) is 14.1. The summed E-state index contributed by atoms with van der Waals surface area (Å²) in [7, 11) is -1.57. The zero-order chi connectivity index (χ0) is 20.8. The smallest absolute Gasteiger partial charge is 0.411 e. The van der Waals surface area contributed by atoms with Gasteiger partial charge in [0, 0.05) is 5.92 Å². The average Bonchev–Trinajstić information content (AvgIpc) is 3.28. The van der Waals surface area contributed by atoms with E-state index in [9.17, 15) is 18.0 Å². The summed E-state index contributed by atoms with van der Waals surface area (Å²) < 4.78 is 38.1. The van der Waals surface area contributed by atoms with Crippen molar-refractivity contribution >= 4 is 27.8 Å². The van der Waals surface area contributed by atoms with Crippen LogP contribution in [0.3, 0.4) is 0 Å². The van der Waals surface area contributed by atoms with Gasteiger partial charge >= 0.3 is 12.1 Å². The van der Waals surface area contributed by atoms with Gasteiger partial charge in [-0.1, -0.05) is 36.4 Å². The van der Waals surface area contributed by atoms with Gasteiger partial charge in [-0.15, -0.1) is 0 Å². The number of sulfonamides is 1. The highest BCUT2D eigenvalue weighted by atomic mass is 32.2. The largest absolute Gasteiger partial charge is 0.467 e. The first-order valence-corrected chi connectivity index (χ1v) is 10.5. The third-order valence-electron chi connectivity index (χ3n) is 5.43. The number of nitrogens with zero attached hydrogens (tertiary/aromatic N) is 2. The maximum Gasteiger partial charge on any atom is 0.411 e. The molecule has 9 heteroatoms. The molecule has 0 aromatic heterocycles. The minimum absolute atomic E-state index is 0.0989. The quantitative estimate of drug-likeness (QED) is 0.713. The van der Waals surface area contributed by atoms with Crippen molar-refractivity contribution in [3.8, 4) is 0 Å². The second kappa shape index (κ2) is 7.07. The zero-order valence-corrected chi connectivity index (χ0v) is 16.7. The number of fused-ring (bicyclic) bond motifs is 3. The molecule has 152 valence electrons. The Morgan fingerprint density at radius 3 is 2.28 bits per heavy atom. The van der Waals surface area contributed by atoms with E-state index in [0.717, 1.165) is 5.56 Å². The second-order valence-corrected chi connectivity index (χ2v) is 8.66. The van der Waals surface area contributed by atoms with Crippen LogP contribution in [0.5, 0.6) is 0 Å². The van der Waals surface area contributed by atoms with E-state index in [-0.39, 0.29) is 17.2 Å². The minimum Gasteiger partial charge on any atom is -0.467 e. The number of carbonyl (C=O) groups is 2. The maximum absolute atomic E-state index is 13.6. The molecule has 8 nitrogen and oxygen atoms in total. The van der Waals surface area contributed by atoms with Gasteiger partial charge in [0.05, 0.1) is 24.8 Å². The molecule has 2 aliphatic rings. The van der Waals surface area contributed by atoms with Crippen molar-refractivity contribution in [2.45, 2.75) is 29.4 Å². The lowest BCUT2D eigenvalue weighted by Crippen LogP contribution is -2.53. The Morgan fingerprint density at radius 2 is 1.62 bits per heavy atom. The number of esters is 1. The van der Waals surface area contributed by atoms with Gasteiger partial charge in [0.25, 0.3) is 10.0 Å².